The number of hydrogen-bond acceptors (Lipinski definition) is 11. The first-order chi connectivity index (χ1) is 58.3. The van der Waals surface area contributed by atoms with E-state index in [-0.39, 0.29) is 0 Å². The molecule has 544 valence electrons. The molecule has 11 heteroatoms. The van der Waals surface area contributed by atoms with Crippen LogP contribution >= 0.6 is 0 Å². The van der Waals surface area contributed by atoms with E-state index >= 15 is 0 Å². The number of aromatic nitrogens is 6. The predicted molar refractivity (Wildman–Crippen MR) is 475 cm³/mol. The summed E-state index contributed by atoms with van der Waals surface area (Å²) in [6.45, 7) is 0. The minimum Gasteiger partial charge on any atom is -0.455 e. The van der Waals surface area contributed by atoms with Crippen LogP contribution in [0, 0.1) is 34.0 Å². The van der Waals surface area contributed by atoms with Crippen LogP contribution in [0.4, 0.5) is 0 Å². The molecule has 0 aliphatic rings. The van der Waals surface area contributed by atoms with Gasteiger partial charge in [-0.25, -0.2) is 29.9 Å². The second-order valence-electron chi connectivity index (χ2n) is 29.7. The third-order valence-electron chi connectivity index (χ3n) is 22.8. The second kappa shape index (κ2) is 27.9. The molecule has 0 saturated heterocycles. The lowest BCUT2D eigenvalue weighted by atomic mass is 9.89. The number of furan rings is 2. The molecule has 0 aliphatic carbocycles. The van der Waals surface area contributed by atoms with Crippen molar-refractivity contribution in [3.05, 3.63) is 375 Å². The van der Waals surface area contributed by atoms with Crippen molar-refractivity contribution in [3.63, 3.8) is 0 Å². The van der Waals surface area contributed by atoms with E-state index in [9.17, 15) is 15.8 Å². The first kappa shape index (κ1) is 68.2. The van der Waals surface area contributed by atoms with E-state index < -0.39 is 0 Å². The Morgan fingerprint density at radius 2 is 0.517 bits per heavy atom. The fourth-order valence-corrected chi connectivity index (χ4v) is 17.1. The van der Waals surface area contributed by atoms with Gasteiger partial charge in [0.2, 0.25) is 0 Å². The van der Waals surface area contributed by atoms with Crippen molar-refractivity contribution in [2.45, 2.75) is 0 Å². The Kier molecular flexibility index (Phi) is 16.1. The summed E-state index contributed by atoms with van der Waals surface area (Å²) in [5, 5.41) is 43.9. The van der Waals surface area contributed by atoms with Crippen LogP contribution in [-0.2, 0) is 0 Å². The average molecular weight is 1500 g/mol. The van der Waals surface area contributed by atoms with E-state index in [2.05, 4.69) is 224 Å². The van der Waals surface area contributed by atoms with E-state index in [1.54, 1.807) is 6.07 Å². The summed E-state index contributed by atoms with van der Waals surface area (Å²) >= 11 is 0. The summed E-state index contributed by atoms with van der Waals surface area (Å²) in [4.78, 5) is 31.0. The number of nitriles is 3. The van der Waals surface area contributed by atoms with Crippen LogP contribution in [0.5, 0.6) is 0 Å². The first-order valence-electron chi connectivity index (χ1n) is 38.9. The molecule has 0 spiro atoms. The summed E-state index contributed by atoms with van der Waals surface area (Å²) in [5.41, 5.74) is 21.5. The summed E-state index contributed by atoms with van der Waals surface area (Å²) in [6.07, 6.45) is 0. The van der Waals surface area contributed by atoms with Gasteiger partial charge < -0.3 is 8.83 Å². The van der Waals surface area contributed by atoms with Gasteiger partial charge in [0.1, 0.15) is 22.3 Å². The molecular weight excluding hydrogens is 1440 g/mol. The van der Waals surface area contributed by atoms with Crippen molar-refractivity contribution < 1.29 is 8.83 Å². The molecule has 11 nitrogen and oxygen atoms in total. The molecular formula is C107H59N9O2. The predicted octanol–water partition coefficient (Wildman–Crippen LogP) is 27.2. The van der Waals surface area contributed by atoms with E-state index in [0.717, 1.165) is 198 Å². The number of benzene rings is 18. The van der Waals surface area contributed by atoms with Gasteiger partial charge >= 0.3 is 0 Å². The molecule has 22 aromatic rings. The number of hydrogen-bond donors (Lipinski definition) is 0. The molecule has 4 aromatic heterocycles. The standard InChI is InChI=1S/C107H59N9O2/c108-60-63-33-35-66(36-34-63)81-49-50-82(85-28-11-10-27-84(81)85)77-44-48-87-89-47-42-75(73-24-15-25-78(55-73)106-113-102(68-17-4-1-5-18-68)111-103(114-106)69-19-6-2-7-20-69)58-95(89)101-98(93(87)59-77)91-31-16-30-83(99(91)118-101)67-37-39-71(40-38-67)105-112-104(70-21-8-3-9-22-70)115-107(116-105)79-26-14-23-72(54-79)74-41-46-88-86-45-43-76(80-52-64(61-109)51-65(53-80)62-110)56-92(86)97-90-29-12-13-32-96(90)117-100(97)94(88)57-74/h1-59H. The van der Waals surface area contributed by atoms with Crippen molar-refractivity contribution in [1.82, 2.24) is 29.9 Å². The largest absolute Gasteiger partial charge is 0.455 e. The Morgan fingerprint density at radius 1 is 0.178 bits per heavy atom. The van der Waals surface area contributed by atoms with Gasteiger partial charge in [-0.3, -0.25) is 0 Å². The molecule has 0 unspecified atom stereocenters. The maximum Gasteiger partial charge on any atom is 0.164 e. The van der Waals surface area contributed by atoms with Crippen molar-refractivity contribution >= 4 is 97.7 Å². The fraction of sp³-hybridized carbons (Fsp3) is 0. The second-order valence-corrected chi connectivity index (χ2v) is 29.7. The summed E-state index contributed by atoms with van der Waals surface area (Å²) < 4.78 is 14.4. The normalized spacial score (nSPS) is 11.5. The van der Waals surface area contributed by atoms with Crippen LogP contribution in [0.15, 0.2) is 367 Å². The molecule has 0 aliphatic heterocycles. The summed E-state index contributed by atoms with van der Waals surface area (Å²) in [6, 6.07) is 129. The highest BCUT2D eigenvalue weighted by Gasteiger charge is 2.25. The van der Waals surface area contributed by atoms with Crippen LogP contribution in [0.25, 0.3) is 233 Å². The Hall–Kier alpha value is -16.7. The highest BCUT2D eigenvalue weighted by atomic mass is 16.3. The van der Waals surface area contributed by atoms with Gasteiger partial charge in [0, 0.05) is 71.3 Å². The van der Waals surface area contributed by atoms with Crippen molar-refractivity contribution in [3.8, 4) is 153 Å². The monoisotopic (exact) mass is 1500 g/mol. The fourth-order valence-electron chi connectivity index (χ4n) is 17.1. The Balaban J connectivity index is 0.659. The maximum absolute atomic E-state index is 9.90. The Morgan fingerprint density at radius 3 is 1.03 bits per heavy atom. The molecule has 0 atom stereocenters. The summed E-state index contributed by atoms with van der Waals surface area (Å²) in [5.74, 6) is 3.35. The van der Waals surface area contributed by atoms with Crippen molar-refractivity contribution in [1.29, 1.82) is 15.8 Å². The number of para-hydroxylation sites is 2. The lowest BCUT2D eigenvalue weighted by molar-refractivity contribution is 0.673. The highest BCUT2D eigenvalue weighted by Crippen LogP contribution is 2.49. The first-order valence-corrected chi connectivity index (χ1v) is 38.9. The SMILES string of the molecule is N#Cc1ccc(-c2ccc(-c3ccc4c5ccc(-c6cccc(-c7nc(-c8ccccc8)nc(-c8ccccc8)n7)c6)cc5c5oc6c(-c7ccc(-c8nc(-c9ccccc9)nc(-c9cccc(-c%10ccc%11c%12ccc(-c%13cc(C#N)cc(C#N)c%13)cc%12c%12c%13ccccc%13oc%12c%11c%10)c9)n8)cc7)cccc6c5c4c3)c3ccccc23)cc1. The van der Waals surface area contributed by atoms with Gasteiger partial charge in [0.25, 0.3) is 0 Å². The highest BCUT2D eigenvalue weighted by molar-refractivity contribution is 6.33. The molecule has 118 heavy (non-hydrogen) atoms. The third-order valence-corrected chi connectivity index (χ3v) is 22.8. The minimum atomic E-state index is 0.430. The van der Waals surface area contributed by atoms with Crippen LogP contribution in [0.3, 0.4) is 0 Å². The van der Waals surface area contributed by atoms with Crippen molar-refractivity contribution in [2.24, 2.45) is 0 Å². The van der Waals surface area contributed by atoms with E-state index in [0.29, 0.717) is 51.6 Å². The lowest BCUT2D eigenvalue weighted by Gasteiger charge is -2.14. The molecule has 0 fully saturated rings. The lowest BCUT2D eigenvalue weighted by Crippen LogP contribution is -2.00. The van der Waals surface area contributed by atoms with Gasteiger partial charge in [0.05, 0.1) is 34.9 Å². The van der Waals surface area contributed by atoms with E-state index in [4.69, 9.17) is 38.7 Å². The number of nitrogens with zero attached hydrogens (tertiary/aromatic N) is 9. The molecule has 0 bridgehead atoms. The van der Waals surface area contributed by atoms with Gasteiger partial charge in [-0.15, -0.1) is 0 Å². The summed E-state index contributed by atoms with van der Waals surface area (Å²) in [7, 11) is 0. The number of rotatable bonds is 12. The molecule has 0 radical (unpaired) electrons. The molecule has 0 N–H and O–H groups in total. The zero-order chi connectivity index (χ0) is 78.5. The van der Waals surface area contributed by atoms with Crippen LogP contribution < -0.4 is 0 Å². The zero-order valence-corrected chi connectivity index (χ0v) is 62.9. The van der Waals surface area contributed by atoms with Gasteiger partial charge in [-0.05, 0) is 177 Å². The Bertz CT molecular complexity index is 7990. The molecule has 4 heterocycles. The maximum atomic E-state index is 9.90. The van der Waals surface area contributed by atoms with Gasteiger partial charge in [0.15, 0.2) is 34.9 Å². The quantitative estimate of drug-likeness (QED) is 0.106. The number of fused-ring (bicyclic) bond motifs is 17. The van der Waals surface area contributed by atoms with E-state index in [1.807, 2.05) is 146 Å². The van der Waals surface area contributed by atoms with Crippen LogP contribution in [0.1, 0.15) is 16.7 Å². The van der Waals surface area contributed by atoms with Crippen LogP contribution in [-0.4, -0.2) is 29.9 Å². The smallest absolute Gasteiger partial charge is 0.164 e. The molecule has 22 rings (SSSR count). The zero-order valence-electron chi connectivity index (χ0n) is 62.9. The minimum absolute atomic E-state index is 0.430. The average Bonchev–Trinajstić information content (AvgIpc) is 1.54. The molecule has 0 saturated carbocycles. The molecule has 0 amide bonds. The third kappa shape index (κ3) is 11.7. The topological polar surface area (TPSA) is 175 Å². The van der Waals surface area contributed by atoms with Crippen LogP contribution in [0.2, 0.25) is 0 Å². The van der Waals surface area contributed by atoms with E-state index in [1.165, 1.54) is 0 Å². The molecule has 18 aromatic carbocycles. The van der Waals surface area contributed by atoms with Gasteiger partial charge in [-0.2, -0.15) is 15.8 Å². The van der Waals surface area contributed by atoms with Gasteiger partial charge in [-0.1, -0.05) is 285 Å². The Labute approximate surface area is 675 Å². The van der Waals surface area contributed by atoms with Crippen molar-refractivity contribution in [2.75, 3.05) is 0 Å².